The maximum atomic E-state index is 10.5. The van der Waals surface area contributed by atoms with Crippen LogP contribution in [0.5, 0.6) is 0 Å². The molecule has 0 atom stereocenters. The zero-order valence-electron chi connectivity index (χ0n) is 6.25. The molecule has 14 heavy (non-hydrogen) atoms. The van der Waals surface area contributed by atoms with Gasteiger partial charge in [0.2, 0.25) is 0 Å². The van der Waals surface area contributed by atoms with E-state index >= 15 is 0 Å². The molecule has 0 aliphatic rings. The van der Waals surface area contributed by atoms with Gasteiger partial charge in [-0.1, -0.05) is 0 Å². The Bertz CT molecular complexity index is 426. The monoisotopic (exact) mass is 227 g/mol. The quantitative estimate of drug-likeness (QED) is 0.336. The zero-order valence-corrected chi connectivity index (χ0v) is 7.06. The summed E-state index contributed by atoms with van der Waals surface area (Å²) in [6, 6.07) is 3.94. The van der Waals surface area contributed by atoms with E-state index in [0.717, 1.165) is 24.3 Å². The first-order chi connectivity index (χ1) is 5.91. The first kappa shape index (κ1) is 13.5. The van der Waals surface area contributed by atoms with Gasteiger partial charge in [-0.05, 0) is 12.1 Å². The van der Waals surface area contributed by atoms with Crippen molar-refractivity contribution in [1.82, 2.24) is 0 Å². The second-order valence-corrected chi connectivity index (χ2v) is 3.65. The molecule has 1 aromatic rings. The molecular formula is C6H6NNaO5S. The summed E-state index contributed by atoms with van der Waals surface area (Å²) in [5.41, 5.74) is -0.229. The van der Waals surface area contributed by atoms with E-state index in [0.29, 0.717) is 0 Å². The summed E-state index contributed by atoms with van der Waals surface area (Å²) in [4.78, 5) is 9.13. The number of nitro groups is 1. The number of benzene rings is 1. The number of nitrogens with zero attached hydrogens (tertiary/aromatic N) is 1. The third-order valence-corrected chi connectivity index (χ3v) is 2.21. The van der Waals surface area contributed by atoms with Crippen LogP contribution in [0.25, 0.3) is 0 Å². The van der Waals surface area contributed by atoms with Crippen molar-refractivity contribution in [1.29, 1.82) is 0 Å². The van der Waals surface area contributed by atoms with E-state index in [1.54, 1.807) is 0 Å². The number of non-ortho nitro benzene ring substituents is 1. The minimum absolute atomic E-state index is 0. The molecule has 0 saturated heterocycles. The summed E-state index contributed by atoms with van der Waals surface area (Å²) in [5, 5.41) is 10.2. The first-order valence-electron chi connectivity index (χ1n) is 3.13. The summed E-state index contributed by atoms with van der Waals surface area (Å²) < 4.78 is 29.5. The van der Waals surface area contributed by atoms with Crippen molar-refractivity contribution >= 4 is 45.4 Å². The van der Waals surface area contributed by atoms with Crippen molar-refractivity contribution in [3.8, 4) is 0 Å². The standard InChI is InChI=1S/C6H5NO5S.Na.H/c8-7(9)5-1-3-6(4-2-5)13(10,11)12;;/h1-4H,(H,10,11,12);;. The van der Waals surface area contributed by atoms with Crippen LogP contribution in [0.15, 0.2) is 29.2 Å². The van der Waals surface area contributed by atoms with Crippen molar-refractivity contribution in [3.63, 3.8) is 0 Å². The van der Waals surface area contributed by atoms with Crippen LogP contribution < -0.4 is 0 Å². The normalized spacial score (nSPS) is 10.4. The van der Waals surface area contributed by atoms with Gasteiger partial charge in [-0.15, -0.1) is 0 Å². The first-order valence-corrected chi connectivity index (χ1v) is 4.57. The van der Waals surface area contributed by atoms with E-state index in [9.17, 15) is 18.5 Å². The van der Waals surface area contributed by atoms with Crippen molar-refractivity contribution in [3.05, 3.63) is 34.4 Å². The van der Waals surface area contributed by atoms with Gasteiger partial charge in [-0.3, -0.25) is 14.7 Å². The van der Waals surface area contributed by atoms with Crippen LogP contribution in [0.4, 0.5) is 5.69 Å². The van der Waals surface area contributed by atoms with Crippen LogP contribution in [-0.4, -0.2) is 47.5 Å². The molecule has 6 nitrogen and oxygen atoms in total. The Morgan fingerprint density at radius 1 is 1.21 bits per heavy atom. The zero-order chi connectivity index (χ0) is 10.1. The van der Waals surface area contributed by atoms with Gasteiger partial charge in [0.25, 0.3) is 15.8 Å². The van der Waals surface area contributed by atoms with E-state index in [4.69, 9.17) is 4.55 Å². The molecule has 0 bridgehead atoms. The Morgan fingerprint density at radius 2 is 1.64 bits per heavy atom. The van der Waals surface area contributed by atoms with E-state index in [1.807, 2.05) is 0 Å². The average Bonchev–Trinajstić information content (AvgIpc) is 2.03. The summed E-state index contributed by atoms with van der Waals surface area (Å²) in [5.74, 6) is 0. The molecule has 0 aliphatic carbocycles. The summed E-state index contributed by atoms with van der Waals surface area (Å²) >= 11 is 0. The molecule has 72 valence electrons. The van der Waals surface area contributed by atoms with Crippen molar-refractivity contribution in [2.45, 2.75) is 4.90 Å². The van der Waals surface area contributed by atoms with E-state index in [2.05, 4.69) is 0 Å². The number of rotatable bonds is 2. The molecular weight excluding hydrogens is 221 g/mol. The van der Waals surface area contributed by atoms with E-state index in [1.165, 1.54) is 0 Å². The molecule has 1 N–H and O–H groups in total. The fourth-order valence-corrected chi connectivity index (χ4v) is 1.22. The molecule has 0 heterocycles. The Kier molecular flexibility index (Phi) is 4.69. The van der Waals surface area contributed by atoms with E-state index < -0.39 is 15.0 Å². The van der Waals surface area contributed by atoms with Crippen LogP contribution >= 0.6 is 0 Å². The van der Waals surface area contributed by atoms with Crippen molar-refractivity contribution < 1.29 is 17.9 Å². The van der Waals surface area contributed by atoms with Crippen LogP contribution in [0.1, 0.15) is 0 Å². The Balaban J connectivity index is 0.00000169. The second kappa shape index (κ2) is 4.85. The maximum absolute atomic E-state index is 10.5. The molecule has 0 radical (unpaired) electrons. The molecule has 0 aliphatic heterocycles. The van der Waals surface area contributed by atoms with Gasteiger partial charge in [0.05, 0.1) is 9.82 Å². The van der Waals surface area contributed by atoms with Gasteiger partial charge in [0, 0.05) is 12.1 Å². The molecule has 0 amide bonds. The predicted molar refractivity (Wildman–Crippen MR) is 50.1 cm³/mol. The van der Waals surface area contributed by atoms with Crippen LogP contribution in [0.3, 0.4) is 0 Å². The summed E-state index contributed by atoms with van der Waals surface area (Å²) in [6.45, 7) is 0. The summed E-state index contributed by atoms with van der Waals surface area (Å²) in [7, 11) is -4.27. The number of nitro benzene ring substituents is 1. The second-order valence-electron chi connectivity index (χ2n) is 2.23. The Labute approximate surface area is 102 Å². The molecule has 8 heteroatoms. The number of hydrogen-bond donors (Lipinski definition) is 1. The molecule has 0 spiro atoms. The van der Waals surface area contributed by atoms with Gasteiger partial charge < -0.3 is 0 Å². The Morgan fingerprint density at radius 3 is 1.93 bits per heavy atom. The molecule has 0 fully saturated rings. The molecule has 0 aromatic heterocycles. The third kappa shape index (κ3) is 3.35. The summed E-state index contributed by atoms with van der Waals surface area (Å²) in [6.07, 6.45) is 0. The van der Waals surface area contributed by atoms with Gasteiger partial charge in [0.1, 0.15) is 0 Å². The van der Waals surface area contributed by atoms with Crippen LogP contribution in [-0.2, 0) is 10.1 Å². The fourth-order valence-electron chi connectivity index (χ4n) is 0.740. The third-order valence-electron chi connectivity index (χ3n) is 1.35. The predicted octanol–water partition coefficient (Wildman–Crippen LogP) is 0.193. The molecule has 1 rings (SSSR count). The van der Waals surface area contributed by atoms with Gasteiger partial charge in [0.15, 0.2) is 0 Å². The van der Waals surface area contributed by atoms with Crippen molar-refractivity contribution in [2.24, 2.45) is 0 Å². The topological polar surface area (TPSA) is 97.5 Å². The van der Waals surface area contributed by atoms with Crippen molar-refractivity contribution in [2.75, 3.05) is 0 Å². The molecule has 0 saturated carbocycles. The molecule has 1 aromatic carbocycles. The fraction of sp³-hybridized carbons (Fsp3) is 0. The van der Waals surface area contributed by atoms with Gasteiger partial charge in [-0.25, -0.2) is 0 Å². The SMILES string of the molecule is O=[N+]([O-])c1ccc(S(=O)(=O)O)cc1.[NaH]. The molecule has 0 unspecified atom stereocenters. The van der Waals surface area contributed by atoms with Gasteiger partial charge >= 0.3 is 29.6 Å². The Hall–Kier alpha value is -0.470. The van der Waals surface area contributed by atoms with E-state index in [-0.39, 0.29) is 40.1 Å². The minimum atomic E-state index is -4.27. The van der Waals surface area contributed by atoms with Crippen LogP contribution in [0.2, 0.25) is 0 Å². The number of hydrogen-bond acceptors (Lipinski definition) is 4. The van der Waals surface area contributed by atoms with Gasteiger partial charge in [-0.2, -0.15) is 8.42 Å². The average molecular weight is 227 g/mol. The van der Waals surface area contributed by atoms with Crippen LogP contribution in [0, 0.1) is 10.1 Å².